The van der Waals surface area contributed by atoms with Crippen molar-refractivity contribution in [2.24, 2.45) is 0 Å². The summed E-state index contributed by atoms with van der Waals surface area (Å²) in [7, 11) is 0. The lowest BCUT2D eigenvalue weighted by Gasteiger charge is -2.46. The largest absolute Gasteiger partial charge is 0.394 e. The molecule has 2 heterocycles. The van der Waals surface area contributed by atoms with Crippen LogP contribution in [0.2, 0.25) is 0 Å². The van der Waals surface area contributed by atoms with Crippen molar-refractivity contribution < 1.29 is 64.6 Å². The highest BCUT2D eigenvalue weighted by molar-refractivity contribution is 5.76. The number of carbonyl (C=O) groups is 1. The van der Waals surface area contributed by atoms with Crippen molar-refractivity contribution in [1.82, 2.24) is 5.32 Å². The summed E-state index contributed by atoms with van der Waals surface area (Å²) < 4.78 is 22.7. The molecule has 14 heteroatoms. The second-order valence-corrected chi connectivity index (χ2v) is 20.4. The van der Waals surface area contributed by atoms with Crippen LogP contribution in [0.3, 0.4) is 0 Å². The number of hydrogen-bond acceptors (Lipinski definition) is 13. The highest BCUT2D eigenvalue weighted by atomic mass is 16.7. The first-order chi connectivity index (χ1) is 37.1. The van der Waals surface area contributed by atoms with Gasteiger partial charge in [-0.1, -0.05) is 214 Å². The van der Waals surface area contributed by atoms with Crippen LogP contribution in [0.1, 0.15) is 194 Å². The minimum absolute atomic E-state index is 0.143. The van der Waals surface area contributed by atoms with Crippen LogP contribution >= 0.6 is 0 Å². The van der Waals surface area contributed by atoms with Gasteiger partial charge in [0.15, 0.2) is 12.6 Å². The fourth-order valence-corrected chi connectivity index (χ4v) is 9.04. The number of rotatable bonds is 45. The third-order valence-corrected chi connectivity index (χ3v) is 13.8. The summed E-state index contributed by atoms with van der Waals surface area (Å²) in [4.78, 5) is 13.2. The Morgan fingerprint density at radius 1 is 0.487 bits per heavy atom. The maximum absolute atomic E-state index is 13.2. The number of carbonyl (C=O) groups excluding carboxylic acids is 1. The molecule has 0 aliphatic carbocycles. The van der Waals surface area contributed by atoms with E-state index >= 15 is 0 Å². The second-order valence-electron chi connectivity index (χ2n) is 20.4. The Hall–Kier alpha value is -3.09. The van der Waals surface area contributed by atoms with E-state index in [0.717, 1.165) is 51.4 Å². The van der Waals surface area contributed by atoms with Gasteiger partial charge in [0.25, 0.3) is 0 Å². The van der Waals surface area contributed by atoms with Gasteiger partial charge in [-0.2, -0.15) is 0 Å². The molecule has 76 heavy (non-hydrogen) atoms. The summed E-state index contributed by atoms with van der Waals surface area (Å²) in [6.45, 7) is 2.61. The third-order valence-electron chi connectivity index (χ3n) is 13.8. The molecule has 0 bridgehead atoms. The summed E-state index contributed by atoms with van der Waals surface area (Å²) in [6, 6.07) is -0.979. The Labute approximate surface area is 458 Å². The number of ether oxygens (including phenoxy) is 4. The highest BCUT2D eigenvalue weighted by Crippen LogP contribution is 2.30. The lowest BCUT2D eigenvalue weighted by molar-refractivity contribution is -0.359. The van der Waals surface area contributed by atoms with Gasteiger partial charge in [-0.25, -0.2) is 0 Å². The normalized spacial score (nSPS) is 25.6. The maximum atomic E-state index is 13.2. The van der Waals surface area contributed by atoms with E-state index in [1.165, 1.54) is 109 Å². The average Bonchev–Trinajstić information content (AvgIpc) is 3.42. The maximum Gasteiger partial charge on any atom is 0.220 e. The van der Waals surface area contributed by atoms with Crippen molar-refractivity contribution in [3.05, 3.63) is 97.2 Å². The molecule has 436 valence electrons. The van der Waals surface area contributed by atoms with Crippen molar-refractivity contribution in [3.8, 4) is 0 Å². The summed E-state index contributed by atoms with van der Waals surface area (Å²) in [5, 5.41) is 87.0. The Bertz CT molecular complexity index is 1640. The highest BCUT2D eigenvalue weighted by Gasteiger charge is 2.51. The van der Waals surface area contributed by atoms with E-state index < -0.39 is 86.8 Å². The van der Waals surface area contributed by atoms with E-state index in [2.05, 4.69) is 92.1 Å². The predicted molar refractivity (Wildman–Crippen MR) is 304 cm³/mol. The van der Waals surface area contributed by atoms with E-state index in [-0.39, 0.29) is 18.9 Å². The predicted octanol–water partition coefficient (Wildman–Crippen LogP) is 9.89. The lowest BCUT2D eigenvalue weighted by Crippen LogP contribution is -2.65. The van der Waals surface area contributed by atoms with Crippen LogP contribution in [0, 0.1) is 0 Å². The Balaban J connectivity index is 1.83. The zero-order valence-corrected chi connectivity index (χ0v) is 46.7. The van der Waals surface area contributed by atoms with Gasteiger partial charge in [0.1, 0.15) is 48.8 Å². The van der Waals surface area contributed by atoms with Crippen LogP contribution in [0.4, 0.5) is 0 Å². The topological polar surface area (TPSA) is 228 Å². The zero-order valence-electron chi connectivity index (χ0n) is 46.7. The van der Waals surface area contributed by atoms with Crippen molar-refractivity contribution in [1.29, 1.82) is 0 Å². The number of unbranched alkanes of at least 4 members (excludes halogenated alkanes) is 18. The van der Waals surface area contributed by atoms with Gasteiger partial charge < -0.3 is 65.1 Å². The molecular weight excluding hydrogens is 967 g/mol. The molecule has 12 unspecified atom stereocenters. The molecule has 0 radical (unpaired) electrons. The molecule has 2 saturated heterocycles. The van der Waals surface area contributed by atoms with Crippen LogP contribution in [-0.2, 0) is 23.7 Å². The number of aliphatic hydroxyl groups is 8. The Morgan fingerprint density at radius 3 is 1.43 bits per heavy atom. The van der Waals surface area contributed by atoms with Crippen LogP contribution in [0.25, 0.3) is 0 Å². The summed E-state index contributed by atoms with van der Waals surface area (Å²) in [5.41, 5.74) is 0. The van der Waals surface area contributed by atoms with Crippen molar-refractivity contribution in [2.75, 3.05) is 19.8 Å². The quantitative estimate of drug-likeness (QED) is 0.0205. The van der Waals surface area contributed by atoms with Gasteiger partial charge in [0, 0.05) is 6.42 Å². The van der Waals surface area contributed by atoms with Crippen LogP contribution in [-0.4, -0.2) is 140 Å². The third kappa shape index (κ3) is 32.1. The van der Waals surface area contributed by atoms with Crippen LogP contribution < -0.4 is 5.32 Å². The fraction of sp³-hybridized carbons (Fsp3) is 0.726. The Morgan fingerprint density at radius 2 is 0.921 bits per heavy atom. The van der Waals surface area contributed by atoms with E-state index in [9.17, 15) is 45.6 Å². The number of nitrogens with one attached hydrogen (secondary N) is 1. The zero-order chi connectivity index (χ0) is 55.3. The molecule has 0 aromatic heterocycles. The molecule has 2 rings (SSSR count). The molecule has 14 nitrogen and oxygen atoms in total. The Kier molecular flexibility index (Phi) is 42.5. The minimum Gasteiger partial charge on any atom is -0.394 e. The molecule has 0 saturated carbocycles. The van der Waals surface area contributed by atoms with E-state index in [1.54, 1.807) is 6.08 Å². The SMILES string of the molecule is CC/C=C\C/C=C\C/C=C\C/C=C\C/C=C\C/C=C\CCC(=O)NC(COC1OC(CO)C(OC2OC(CO)C(O)C(O)C2O)C(O)C1O)C(O)/C=C/CC/C=C/CCCCCCCCCCCCCCCCCCC. The average molecular weight is 1070 g/mol. The van der Waals surface area contributed by atoms with Gasteiger partial charge in [0.2, 0.25) is 5.91 Å². The molecular formula is C62H105NO13. The van der Waals surface area contributed by atoms with Crippen molar-refractivity contribution in [3.63, 3.8) is 0 Å². The first kappa shape index (κ1) is 69.0. The van der Waals surface area contributed by atoms with Crippen LogP contribution in [0.15, 0.2) is 97.2 Å². The van der Waals surface area contributed by atoms with Gasteiger partial charge in [-0.15, -0.1) is 0 Å². The fourth-order valence-electron chi connectivity index (χ4n) is 9.04. The van der Waals surface area contributed by atoms with Gasteiger partial charge in [-0.05, 0) is 70.6 Å². The van der Waals surface area contributed by atoms with Gasteiger partial charge in [-0.3, -0.25) is 4.79 Å². The van der Waals surface area contributed by atoms with Crippen molar-refractivity contribution in [2.45, 2.75) is 267 Å². The minimum atomic E-state index is -1.80. The molecule has 2 fully saturated rings. The van der Waals surface area contributed by atoms with E-state index in [1.807, 2.05) is 18.2 Å². The lowest BCUT2D eigenvalue weighted by atomic mass is 9.97. The molecule has 0 aromatic rings. The summed E-state index contributed by atoms with van der Waals surface area (Å²) in [6.07, 6.45) is 47.5. The van der Waals surface area contributed by atoms with Gasteiger partial charge in [0.05, 0.1) is 32.0 Å². The number of amides is 1. The smallest absolute Gasteiger partial charge is 0.220 e. The first-order valence-corrected chi connectivity index (χ1v) is 29.5. The second kappa shape index (κ2) is 46.8. The number of aliphatic hydroxyl groups excluding tert-OH is 8. The number of hydrogen-bond donors (Lipinski definition) is 9. The van der Waals surface area contributed by atoms with Gasteiger partial charge >= 0.3 is 0 Å². The summed E-state index contributed by atoms with van der Waals surface area (Å²) >= 11 is 0. The summed E-state index contributed by atoms with van der Waals surface area (Å²) in [5.74, 6) is -0.334. The number of allylic oxidation sites excluding steroid dienone is 15. The van der Waals surface area contributed by atoms with E-state index in [0.29, 0.717) is 12.8 Å². The first-order valence-electron chi connectivity index (χ1n) is 29.5. The molecule has 2 aliphatic heterocycles. The molecule has 2 aliphatic rings. The van der Waals surface area contributed by atoms with Crippen molar-refractivity contribution >= 4 is 5.91 Å². The van der Waals surface area contributed by atoms with Crippen LogP contribution in [0.5, 0.6) is 0 Å². The van der Waals surface area contributed by atoms with E-state index in [4.69, 9.17) is 18.9 Å². The molecule has 12 atom stereocenters. The molecule has 0 spiro atoms. The monoisotopic (exact) mass is 1070 g/mol. The molecule has 1 amide bonds. The standard InChI is InChI=1S/C62H105NO13/c1-3-5-7-9-11-13-15-17-19-21-23-24-25-26-28-29-31-33-35-37-39-41-43-45-51(66)50(63-54(67)46-44-42-40-38-36-34-32-30-27-22-20-18-16-14-12-10-8-6-4-2)49-73-61-59(72)57(70)60(53(48-65)75-61)76-62-58(71)56(69)55(68)52(47-64)74-62/h6,8,12,14,18,20,27,30,34-37,40,42-43,45,50-53,55-62,64-66,68-72H,3-5,7,9-11,13,15-17,19,21-26,28-29,31-33,38-39,41,44,46-49H2,1-2H3,(H,63,67)/b8-6-,14-12-,20-18-,30-27-,36-34-,37-35+,42-40-,45-43+. The molecule has 9 N–H and O–H groups in total. The molecule has 0 aromatic carbocycles.